The maximum atomic E-state index is 13.4. The number of hydrogen-bond donors (Lipinski definition) is 2. The third-order valence-electron chi connectivity index (χ3n) is 4.98. The van der Waals surface area contributed by atoms with Gasteiger partial charge in [-0.25, -0.2) is 9.29 Å². The van der Waals surface area contributed by atoms with Crippen LogP contribution in [-0.2, 0) is 14.4 Å². The summed E-state index contributed by atoms with van der Waals surface area (Å²) in [5.74, 6) is -1.69. The summed E-state index contributed by atoms with van der Waals surface area (Å²) in [7, 11) is 0. The van der Waals surface area contributed by atoms with Crippen LogP contribution in [0, 0.1) is 12.7 Å². The molecule has 0 saturated heterocycles. The number of anilines is 3. The zero-order valence-corrected chi connectivity index (χ0v) is 17.5. The van der Waals surface area contributed by atoms with Gasteiger partial charge in [0.1, 0.15) is 11.5 Å². The molecule has 4 rings (SSSR count). The van der Waals surface area contributed by atoms with Crippen LogP contribution in [0.1, 0.15) is 18.1 Å². The lowest BCUT2D eigenvalue weighted by molar-refractivity contribution is -0.120. The standard InChI is InChI=1S/C25H20FN3O3/c1-15-3-5-17(6-4-15)22-23(28-20-11-9-19(10-12-20)27-16(2)30)25(32)29(24(22)31)21-13-7-18(26)8-14-21/h3-14,28H,1-2H3,(H,27,30). The lowest BCUT2D eigenvalue weighted by atomic mass is 10.0. The first-order valence-electron chi connectivity index (χ1n) is 9.94. The molecule has 0 fully saturated rings. The second-order valence-corrected chi connectivity index (χ2v) is 7.42. The van der Waals surface area contributed by atoms with E-state index in [9.17, 15) is 18.8 Å². The zero-order chi connectivity index (χ0) is 22.8. The fourth-order valence-electron chi connectivity index (χ4n) is 3.44. The van der Waals surface area contributed by atoms with Gasteiger partial charge >= 0.3 is 0 Å². The van der Waals surface area contributed by atoms with E-state index in [2.05, 4.69) is 10.6 Å². The Balaban J connectivity index is 1.74. The Hall–Kier alpha value is -4.26. The van der Waals surface area contributed by atoms with Crippen LogP contribution >= 0.6 is 0 Å². The lowest BCUT2D eigenvalue weighted by Crippen LogP contribution is -2.32. The number of rotatable bonds is 5. The van der Waals surface area contributed by atoms with Gasteiger partial charge < -0.3 is 10.6 Å². The van der Waals surface area contributed by atoms with E-state index in [1.807, 2.05) is 19.1 Å². The van der Waals surface area contributed by atoms with E-state index in [0.717, 1.165) is 10.5 Å². The van der Waals surface area contributed by atoms with Crippen molar-refractivity contribution < 1.29 is 18.8 Å². The molecule has 7 heteroatoms. The van der Waals surface area contributed by atoms with E-state index in [0.29, 0.717) is 16.9 Å². The van der Waals surface area contributed by atoms with Crippen molar-refractivity contribution in [2.45, 2.75) is 13.8 Å². The molecule has 0 unspecified atom stereocenters. The third-order valence-corrected chi connectivity index (χ3v) is 4.98. The lowest BCUT2D eigenvalue weighted by Gasteiger charge is -2.15. The second kappa shape index (κ2) is 8.47. The number of nitrogens with one attached hydrogen (secondary N) is 2. The Kier molecular flexibility index (Phi) is 5.55. The van der Waals surface area contributed by atoms with E-state index in [1.54, 1.807) is 36.4 Å². The Morgan fingerprint density at radius 2 is 1.41 bits per heavy atom. The average Bonchev–Trinajstić information content (AvgIpc) is 3.00. The Labute approximate surface area is 184 Å². The van der Waals surface area contributed by atoms with Crippen molar-refractivity contribution in [1.29, 1.82) is 0 Å². The van der Waals surface area contributed by atoms with Gasteiger partial charge in [0.2, 0.25) is 5.91 Å². The number of aryl methyl sites for hydroxylation is 1. The average molecular weight is 429 g/mol. The molecule has 0 spiro atoms. The maximum absolute atomic E-state index is 13.4. The molecule has 1 aliphatic rings. The highest BCUT2D eigenvalue weighted by Gasteiger charge is 2.40. The van der Waals surface area contributed by atoms with Crippen LogP contribution in [0.5, 0.6) is 0 Å². The van der Waals surface area contributed by atoms with Crippen LogP contribution < -0.4 is 15.5 Å². The molecule has 2 N–H and O–H groups in total. The van der Waals surface area contributed by atoms with Crippen molar-refractivity contribution in [1.82, 2.24) is 0 Å². The molecule has 0 aliphatic carbocycles. The van der Waals surface area contributed by atoms with Crippen molar-refractivity contribution in [3.05, 3.63) is 95.4 Å². The van der Waals surface area contributed by atoms with Gasteiger partial charge in [0.15, 0.2) is 0 Å². The number of amides is 3. The molecule has 1 heterocycles. The highest BCUT2D eigenvalue weighted by Crippen LogP contribution is 2.34. The van der Waals surface area contributed by atoms with Gasteiger partial charge in [0, 0.05) is 18.3 Å². The van der Waals surface area contributed by atoms with Crippen LogP contribution in [0.3, 0.4) is 0 Å². The van der Waals surface area contributed by atoms with E-state index < -0.39 is 17.6 Å². The van der Waals surface area contributed by atoms with Gasteiger partial charge in [-0.2, -0.15) is 0 Å². The number of benzene rings is 3. The first kappa shape index (κ1) is 21.0. The molecule has 0 bridgehead atoms. The predicted molar refractivity (Wildman–Crippen MR) is 121 cm³/mol. The summed E-state index contributed by atoms with van der Waals surface area (Å²) in [6.45, 7) is 3.35. The van der Waals surface area contributed by atoms with E-state index >= 15 is 0 Å². The summed E-state index contributed by atoms with van der Waals surface area (Å²) >= 11 is 0. The van der Waals surface area contributed by atoms with Crippen molar-refractivity contribution in [3.8, 4) is 0 Å². The van der Waals surface area contributed by atoms with E-state index in [4.69, 9.17) is 0 Å². The van der Waals surface area contributed by atoms with Gasteiger partial charge in [-0.3, -0.25) is 14.4 Å². The van der Waals surface area contributed by atoms with Crippen LogP contribution in [-0.4, -0.2) is 17.7 Å². The molecule has 160 valence electrons. The number of hydrogen-bond acceptors (Lipinski definition) is 4. The predicted octanol–water partition coefficient (Wildman–Crippen LogP) is 4.49. The van der Waals surface area contributed by atoms with Crippen LogP contribution in [0.25, 0.3) is 5.57 Å². The summed E-state index contributed by atoms with van der Waals surface area (Å²) in [6.07, 6.45) is 0. The summed E-state index contributed by atoms with van der Waals surface area (Å²) in [5, 5.41) is 5.73. The fraction of sp³-hybridized carbons (Fsp3) is 0.0800. The van der Waals surface area contributed by atoms with Gasteiger partial charge in [-0.1, -0.05) is 29.8 Å². The molecular formula is C25H20FN3O3. The molecule has 3 amide bonds. The van der Waals surface area contributed by atoms with Gasteiger partial charge in [-0.15, -0.1) is 0 Å². The topological polar surface area (TPSA) is 78.5 Å². The van der Waals surface area contributed by atoms with Gasteiger partial charge in [-0.05, 0) is 61.0 Å². The SMILES string of the molecule is CC(=O)Nc1ccc(NC2=C(c3ccc(C)cc3)C(=O)N(c3ccc(F)cc3)C2=O)cc1. The van der Waals surface area contributed by atoms with Crippen LogP contribution in [0.4, 0.5) is 21.5 Å². The molecule has 0 aromatic heterocycles. The second-order valence-electron chi connectivity index (χ2n) is 7.42. The highest BCUT2D eigenvalue weighted by atomic mass is 19.1. The molecule has 1 aliphatic heterocycles. The zero-order valence-electron chi connectivity index (χ0n) is 17.5. The Morgan fingerprint density at radius 1 is 0.812 bits per heavy atom. The number of carbonyl (C=O) groups excluding carboxylic acids is 3. The van der Waals surface area contributed by atoms with Gasteiger partial charge in [0.05, 0.1) is 11.3 Å². The molecule has 0 saturated carbocycles. The number of carbonyl (C=O) groups is 3. The highest BCUT2D eigenvalue weighted by molar-refractivity contribution is 6.46. The smallest absolute Gasteiger partial charge is 0.282 e. The molecule has 6 nitrogen and oxygen atoms in total. The minimum Gasteiger partial charge on any atom is -0.350 e. The largest absolute Gasteiger partial charge is 0.350 e. The van der Waals surface area contributed by atoms with E-state index in [-0.39, 0.29) is 22.9 Å². The summed E-state index contributed by atoms with van der Waals surface area (Å²) in [4.78, 5) is 38.9. The molecule has 3 aromatic carbocycles. The minimum atomic E-state index is -0.539. The van der Waals surface area contributed by atoms with Crippen molar-refractivity contribution in [3.63, 3.8) is 0 Å². The Bertz CT molecular complexity index is 1230. The fourth-order valence-corrected chi connectivity index (χ4v) is 3.44. The van der Waals surface area contributed by atoms with Crippen LogP contribution in [0.15, 0.2) is 78.5 Å². The normalized spacial score (nSPS) is 13.5. The molecule has 0 atom stereocenters. The third kappa shape index (κ3) is 4.13. The Morgan fingerprint density at radius 3 is 2.00 bits per heavy atom. The van der Waals surface area contributed by atoms with Gasteiger partial charge in [0.25, 0.3) is 11.8 Å². The molecule has 32 heavy (non-hydrogen) atoms. The first-order chi connectivity index (χ1) is 15.3. The summed E-state index contributed by atoms with van der Waals surface area (Å²) in [5.41, 5.74) is 3.42. The van der Waals surface area contributed by atoms with Crippen molar-refractivity contribution in [2.75, 3.05) is 15.5 Å². The van der Waals surface area contributed by atoms with E-state index in [1.165, 1.54) is 31.2 Å². The number of halogens is 1. The quantitative estimate of drug-likeness (QED) is 0.586. The minimum absolute atomic E-state index is 0.121. The number of imide groups is 1. The molecule has 0 radical (unpaired) electrons. The summed E-state index contributed by atoms with van der Waals surface area (Å²) in [6, 6.07) is 19.3. The monoisotopic (exact) mass is 429 g/mol. The molecular weight excluding hydrogens is 409 g/mol. The maximum Gasteiger partial charge on any atom is 0.282 e. The van der Waals surface area contributed by atoms with Crippen molar-refractivity contribution in [2.24, 2.45) is 0 Å². The summed E-state index contributed by atoms with van der Waals surface area (Å²) < 4.78 is 13.4. The first-order valence-corrected chi connectivity index (χ1v) is 9.94. The molecule has 3 aromatic rings. The van der Waals surface area contributed by atoms with Crippen LogP contribution in [0.2, 0.25) is 0 Å². The van der Waals surface area contributed by atoms with Crippen molar-refractivity contribution >= 4 is 40.4 Å². The number of nitrogens with zero attached hydrogens (tertiary/aromatic N) is 1.